The Balaban J connectivity index is 2.16. The lowest BCUT2D eigenvalue weighted by atomic mass is 9.84. The summed E-state index contributed by atoms with van der Waals surface area (Å²) in [6, 6.07) is 5.36. The standard InChI is InChI=1S/C14H22ClN3O2S/c1-21(19,20)18-11-6-7-12(15)14(8-11)17-13-5-3-2-4-10(13)9-16/h6-8,10,13,17-18H,2-5,9,16H2,1H3. The molecule has 1 aliphatic rings. The topological polar surface area (TPSA) is 84.2 Å². The second kappa shape index (κ2) is 6.85. The van der Waals surface area contributed by atoms with E-state index in [1.165, 1.54) is 12.8 Å². The number of hydrogen-bond acceptors (Lipinski definition) is 4. The van der Waals surface area contributed by atoms with E-state index in [0.29, 0.717) is 23.2 Å². The summed E-state index contributed by atoms with van der Waals surface area (Å²) in [5.41, 5.74) is 7.08. The van der Waals surface area contributed by atoms with Gasteiger partial charge in [-0.15, -0.1) is 0 Å². The van der Waals surface area contributed by atoms with Crippen LogP contribution >= 0.6 is 11.6 Å². The van der Waals surface area contributed by atoms with Crippen molar-refractivity contribution in [1.82, 2.24) is 0 Å². The molecule has 0 aromatic heterocycles. The minimum Gasteiger partial charge on any atom is -0.381 e. The van der Waals surface area contributed by atoms with E-state index in [-0.39, 0.29) is 6.04 Å². The van der Waals surface area contributed by atoms with E-state index in [1.807, 2.05) is 0 Å². The van der Waals surface area contributed by atoms with Crippen molar-refractivity contribution in [2.24, 2.45) is 11.7 Å². The molecule has 1 aromatic carbocycles. The Labute approximate surface area is 131 Å². The summed E-state index contributed by atoms with van der Waals surface area (Å²) in [5.74, 6) is 0.432. The first-order chi connectivity index (χ1) is 9.89. The highest BCUT2D eigenvalue weighted by atomic mass is 35.5. The first-order valence-electron chi connectivity index (χ1n) is 7.13. The van der Waals surface area contributed by atoms with Crippen molar-refractivity contribution < 1.29 is 8.42 Å². The Morgan fingerprint density at radius 3 is 2.71 bits per heavy atom. The Bertz CT molecular complexity index is 592. The van der Waals surface area contributed by atoms with Crippen LogP contribution in [0.3, 0.4) is 0 Å². The first-order valence-corrected chi connectivity index (χ1v) is 9.40. The monoisotopic (exact) mass is 331 g/mol. The number of nitrogens with one attached hydrogen (secondary N) is 2. The zero-order valence-corrected chi connectivity index (χ0v) is 13.7. The lowest BCUT2D eigenvalue weighted by Gasteiger charge is -2.32. The summed E-state index contributed by atoms with van der Waals surface area (Å²) in [5, 5.41) is 4.01. The Kier molecular flexibility index (Phi) is 5.35. The molecule has 0 radical (unpaired) electrons. The van der Waals surface area contributed by atoms with Gasteiger partial charge in [-0.05, 0) is 43.5 Å². The van der Waals surface area contributed by atoms with E-state index >= 15 is 0 Å². The molecule has 1 aromatic rings. The van der Waals surface area contributed by atoms with Crippen LogP contribution in [0.25, 0.3) is 0 Å². The maximum Gasteiger partial charge on any atom is 0.229 e. The summed E-state index contributed by atoms with van der Waals surface area (Å²) >= 11 is 6.21. The third-order valence-electron chi connectivity index (χ3n) is 3.82. The minimum absolute atomic E-state index is 0.287. The van der Waals surface area contributed by atoms with Crippen LogP contribution in [0.1, 0.15) is 25.7 Å². The summed E-state index contributed by atoms with van der Waals surface area (Å²) in [6.07, 6.45) is 5.69. The van der Waals surface area contributed by atoms with E-state index in [1.54, 1.807) is 18.2 Å². The second-order valence-corrected chi connectivity index (χ2v) is 7.76. The number of hydrogen-bond donors (Lipinski definition) is 3. The molecule has 0 heterocycles. The number of benzene rings is 1. The van der Waals surface area contributed by atoms with Crippen LogP contribution in [0.4, 0.5) is 11.4 Å². The van der Waals surface area contributed by atoms with Gasteiger partial charge >= 0.3 is 0 Å². The minimum atomic E-state index is -3.30. The van der Waals surface area contributed by atoms with Crippen LogP contribution < -0.4 is 15.8 Å². The van der Waals surface area contributed by atoms with Crippen LogP contribution in [0, 0.1) is 5.92 Å². The van der Waals surface area contributed by atoms with Gasteiger partial charge in [0.2, 0.25) is 10.0 Å². The largest absolute Gasteiger partial charge is 0.381 e. The fourth-order valence-corrected chi connectivity index (χ4v) is 3.52. The molecule has 0 amide bonds. The molecule has 0 spiro atoms. The summed E-state index contributed by atoms with van der Waals surface area (Å²) in [4.78, 5) is 0. The van der Waals surface area contributed by atoms with Crippen molar-refractivity contribution in [2.75, 3.05) is 22.8 Å². The Morgan fingerprint density at radius 2 is 2.05 bits per heavy atom. The Hall–Kier alpha value is -0.980. The van der Waals surface area contributed by atoms with Gasteiger partial charge in [0.15, 0.2) is 0 Å². The van der Waals surface area contributed by atoms with Crippen LogP contribution in [0.2, 0.25) is 5.02 Å². The highest BCUT2D eigenvalue weighted by molar-refractivity contribution is 7.92. The van der Waals surface area contributed by atoms with Crippen molar-refractivity contribution in [2.45, 2.75) is 31.7 Å². The van der Waals surface area contributed by atoms with E-state index in [4.69, 9.17) is 17.3 Å². The first kappa shape index (κ1) is 16.4. The van der Waals surface area contributed by atoms with Crippen molar-refractivity contribution in [3.05, 3.63) is 23.2 Å². The van der Waals surface area contributed by atoms with Gasteiger partial charge in [-0.3, -0.25) is 4.72 Å². The number of anilines is 2. The lowest BCUT2D eigenvalue weighted by molar-refractivity contribution is 0.332. The van der Waals surface area contributed by atoms with E-state index in [2.05, 4.69) is 10.0 Å². The third-order valence-corrected chi connectivity index (χ3v) is 4.76. The van der Waals surface area contributed by atoms with Crippen LogP contribution in [-0.4, -0.2) is 27.3 Å². The van der Waals surface area contributed by atoms with E-state index in [0.717, 1.165) is 24.8 Å². The quantitative estimate of drug-likeness (QED) is 0.774. The smallest absolute Gasteiger partial charge is 0.229 e. The van der Waals surface area contributed by atoms with Gasteiger partial charge in [0, 0.05) is 6.04 Å². The number of rotatable bonds is 5. The van der Waals surface area contributed by atoms with Gasteiger partial charge < -0.3 is 11.1 Å². The molecule has 7 heteroatoms. The third kappa shape index (κ3) is 4.76. The number of sulfonamides is 1. The van der Waals surface area contributed by atoms with Crippen molar-refractivity contribution in [3.8, 4) is 0 Å². The van der Waals surface area contributed by atoms with Gasteiger partial charge in [0.25, 0.3) is 0 Å². The summed E-state index contributed by atoms with van der Waals surface area (Å²) in [7, 11) is -3.30. The van der Waals surface area contributed by atoms with Crippen LogP contribution in [0.15, 0.2) is 18.2 Å². The second-order valence-electron chi connectivity index (χ2n) is 5.60. The molecule has 4 N–H and O–H groups in total. The predicted molar refractivity (Wildman–Crippen MR) is 88.3 cm³/mol. The molecule has 1 aliphatic carbocycles. The maximum atomic E-state index is 11.3. The van der Waals surface area contributed by atoms with Gasteiger partial charge in [-0.1, -0.05) is 24.4 Å². The van der Waals surface area contributed by atoms with Gasteiger partial charge in [-0.2, -0.15) is 0 Å². The zero-order chi connectivity index (χ0) is 15.5. The molecular weight excluding hydrogens is 310 g/mol. The molecule has 1 saturated carbocycles. The Morgan fingerprint density at radius 1 is 1.33 bits per heavy atom. The van der Waals surface area contributed by atoms with Crippen LogP contribution in [0.5, 0.6) is 0 Å². The highest BCUT2D eigenvalue weighted by Crippen LogP contribution is 2.31. The SMILES string of the molecule is CS(=O)(=O)Nc1ccc(Cl)c(NC2CCCCC2CN)c1. The van der Waals surface area contributed by atoms with Crippen LogP contribution in [-0.2, 0) is 10.0 Å². The predicted octanol–water partition coefficient (Wildman–Crippen LogP) is 2.64. The fourth-order valence-electron chi connectivity index (χ4n) is 2.79. The molecule has 118 valence electrons. The van der Waals surface area contributed by atoms with Gasteiger partial charge in [-0.25, -0.2) is 8.42 Å². The van der Waals surface area contributed by atoms with Crippen molar-refractivity contribution in [3.63, 3.8) is 0 Å². The summed E-state index contributed by atoms with van der Waals surface area (Å²) in [6.45, 7) is 0.649. The van der Waals surface area contributed by atoms with E-state index < -0.39 is 10.0 Å². The van der Waals surface area contributed by atoms with Gasteiger partial charge in [0.1, 0.15) is 0 Å². The molecule has 0 saturated heterocycles. The molecular formula is C14H22ClN3O2S. The normalized spacial score (nSPS) is 22.8. The molecule has 21 heavy (non-hydrogen) atoms. The molecule has 0 bridgehead atoms. The molecule has 5 nitrogen and oxygen atoms in total. The maximum absolute atomic E-state index is 11.3. The highest BCUT2D eigenvalue weighted by Gasteiger charge is 2.24. The fraction of sp³-hybridized carbons (Fsp3) is 0.571. The molecule has 2 atom stereocenters. The molecule has 1 fully saturated rings. The average molecular weight is 332 g/mol. The number of halogens is 1. The lowest BCUT2D eigenvalue weighted by Crippen LogP contribution is -2.36. The van der Waals surface area contributed by atoms with Gasteiger partial charge in [0.05, 0.1) is 22.7 Å². The summed E-state index contributed by atoms with van der Waals surface area (Å²) < 4.78 is 25.1. The molecule has 0 aliphatic heterocycles. The average Bonchev–Trinajstić information content (AvgIpc) is 2.41. The molecule has 2 rings (SSSR count). The van der Waals surface area contributed by atoms with Crippen molar-refractivity contribution in [1.29, 1.82) is 0 Å². The zero-order valence-electron chi connectivity index (χ0n) is 12.1. The van der Waals surface area contributed by atoms with E-state index in [9.17, 15) is 8.42 Å². The number of nitrogens with two attached hydrogens (primary N) is 1. The van der Waals surface area contributed by atoms with Crippen molar-refractivity contribution >= 4 is 33.0 Å². The molecule has 2 unspecified atom stereocenters.